The van der Waals surface area contributed by atoms with E-state index in [-0.39, 0.29) is 5.91 Å². The molecule has 0 bridgehead atoms. The van der Waals surface area contributed by atoms with Gasteiger partial charge in [0, 0.05) is 16.3 Å². The fourth-order valence-electron chi connectivity index (χ4n) is 2.04. The Morgan fingerprint density at radius 3 is 2.50 bits per heavy atom. The van der Waals surface area contributed by atoms with Crippen molar-refractivity contribution in [2.45, 2.75) is 4.21 Å². The fourth-order valence-corrected chi connectivity index (χ4v) is 6.47. The summed E-state index contributed by atoms with van der Waals surface area (Å²) in [6.07, 6.45) is 0. The number of carbonyl (C=O) groups excluding carboxylic acids is 1. The van der Waals surface area contributed by atoms with Gasteiger partial charge in [-0.2, -0.15) is 0 Å². The number of hydrogen-bond donors (Lipinski definition) is 1. The molecule has 0 aliphatic heterocycles. The van der Waals surface area contributed by atoms with Gasteiger partial charge in [-0.1, -0.05) is 74.8 Å². The topological polar surface area (TPSA) is 29.1 Å². The van der Waals surface area contributed by atoms with Crippen molar-refractivity contribution in [3.63, 3.8) is 0 Å². The van der Waals surface area contributed by atoms with Crippen molar-refractivity contribution < 1.29 is 4.79 Å². The van der Waals surface area contributed by atoms with E-state index in [1.165, 1.54) is 11.8 Å². The second kappa shape index (κ2) is 8.27. The van der Waals surface area contributed by atoms with Crippen LogP contribution in [0.3, 0.4) is 0 Å². The fraction of sp³-hybridized carbons (Fsp3) is 0.0588. The van der Waals surface area contributed by atoms with Crippen LogP contribution in [0, 0.1) is 3.82 Å². The van der Waals surface area contributed by atoms with Gasteiger partial charge in [-0.25, -0.2) is 0 Å². The van der Waals surface area contributed by atoms with Crippen molar-refractivity contribution in [1.29, 1.82) is 0 Å². The first-order valence-corrected chi connectivity index (χ1v) is 10.9. The number of benzene rings is 2. The first-order chi connectivity index (χ1) is 11.6. The normalized spacial score (nSPS) is 10.5. The van der Waals surface area contributed by atoms with E-state index in [4.69, 9.17) is 23.8 Å². The Hall–Kier alpha value is -1.18. The van der Waals surface area contributed by atoms with E-state index in [0.717, 1.165) is 24.8 Å². The van der Waals surface area contributed by atoms with Gasteiger partial charge in [0.2, 0.25) is 5.91 Å². The molecule has 2 nitrogen and oxygen atoms in total. The van der Waals surface area contributed by atoms with Crippen LogP contribution in [0.2, 0.25) is 5.02 Å². The predicted octanol–water partition coefficient (Wildman–Crippen LogP) is 6.59. The molecular weight excluding hydrogens is 398 g/mol. The molecule has 24 heavy (non-hydrogen) atoms. The molecule has 7 heteroatoms. The van der Waals surface area contributed by atoms with Crippen LogP contribution in [-0.4, -0.2) is 11.7 Å². The minimum absolute atomic E-state index is 0.0503. The Morgan fingerprint density at radius 2 is 1.79 bits per heavy atom. The van der Waals surface area contributed by atoms with Crippen molar-refractivity contribution in [2.75, 3.05) is 11.1 Å². The summed E-state index contributed by atoms with van der Waals surface area (Å²) in [5.74, 6) is 0.287. The highest BCUT2D eigenvalue weighted by Gasteiger charge is 2.13. The van der Waals surface area contributed by atoms with Crippen molar-refractivity contribution in [3.05, 3.63) is 63.4 Å². The average Bonchev–Trinajstić information content (AvgIpc) is 2.96. The number of nitrogens with one attached hydrogen (secondary N) is 1. The van der Waals surface area contributed by atoms with Crippen LogP contribution in [-0.2, 0) is 4.79 Å². The summed E-state index contributed by atoms with van der Waals surface area (Å²) in [5.41, 5.74) is 2.90. The molecule has 1 heterocycles. The van der Waals surface area contributed by atoms with Gasteiger partial charge in [0.15, 0.2) is 0 Å². The quantitative estimate of drug-likeness (QED) is 0.292. The Bertz CT molecular complexity index is 887. The van der Waals surface area contributed by atoms with E-state index in [1.54, 1.807) is 44.9 Å². The largest absolute Gasteiger partial charge is 0.325 e. The summed E-state index contributed by atoms with van der Waals surface area (Å²) in [6, 6.07) is 17.1. The molecule has 3 rings (SSSR count). The van der Waals surface area contributed by atoms with Crippen molar-refractivity contribution >= 4 is 67.9 Å². The van der Waals surface area contributed by atoms with E-state index < -0.39 is 0 Å². The SMILES string of the molecule is O=C(CSc1ssc(=S)c1-c1ccccc1)Nc1ccc(Cl)cc1. The molecule has 0 saturated carbocycles. The van der Waals surface area contributed by atoms with Gasteiger partial charge in [0.05, 0.1) is 9.96 Å². The van der Waals surface area contributed by atoms with Gasteiger partial charge < -0.3 is 5.32 Å². The molecule has 1 amide bonds. The molecule has 0 unspecified atom stereocenters. The maximum absolute atomic E-state index is 12.1. The number of thioether (sulfide) groups is 1. The van der Waals surface area contributed by atoms with Gasteiger partial charge in [0.1, 0.15) is 3.82 Å². The number of halogens is 1. The summed E-state index contributed by atoms with van der Waals surface area (Å²) in [5, 5.41) is 3.52. The Labute approximate surface area is 161 Å². The summed E-state index contributed by atoms with van der Waals surface area (Å²) >= 11 is 12.8. The van der Waals surface area contributed by atoms with E-state index >= 15 is 0 Å². The van der Waals surface area contributed by atoms with Crippen molar-refractivity contribution in [1.82, 2.24) is 0 Å². The van der Waals surface area contributed by atoms with Crippen LogP contribution in [0.1, 0.15) is 0 Å². The Morgan fingerprint density at radius 1 is 1.08 bits per heavy atom. The number of anilines is 1. The molecule has 0 atom stereocenters. The standard InChI is InChI=1S/C17H12ClNOS4/c18-12-6-8-13(9-7-12)19-14(20)10-22-17-15(16(21)23-24-17)11-4-2-1-3-5-11/h1-9H,10H2,(H,19,20). The molecule has 0 fully saturated rings. The average molecular weight is 410 g/mol. The second-order valence-corrected chi connectivity index (χ2v) is 9.32. The molecule has 0 spiro atoms. The minimum Gasteiger partial charge on any atom is -0.325 e. The molecule has 0 aliphatic carbocycles. The van der Waals surface area contributed by atoms with Crippen LogP contribution in [0.4, 0.5) is 5.69 Å². The summed E-state index contributed by atoms with van der Waals surface area (Å²) < 4.78 is 1.95. The number of hydrogen-bond acceptors (Lipinski definition) is 5. The van der Waals surface area contributed by atoms with E-state index in [1.807, 2.05) is 30.3 Å². The molecule has 0 aliphatic rings. The Balaban J connectivity index is 1.68. The molecule has 3 aromatic rings. The molecule has 0 saturated heterocycles. The summed E-state index contributed by atoms with van der Waals surface area (Å²) in [4.78, 5) is 12.1. The van der Waals surface area contributed by atoms with Gasteiger partial charge in [-0.15, -0.1) is 11.8 Å². The molecular formula is C17H12ClNOS4. The molecule has 2 aromatic carbocycles. The highest BCUT2D eigenvalue weighted by Crippen LogP contribution is 2.40. The molecule has 0 radical (unpaired) electrons. The highest BCUT2D eigenvalue weighted by atomic mass is 35.5. The zero-order chi connectivity index (χ0) is 16.9. The monoisotopic (exact) mass is 409 g/mol. The number of rotatable bonds is 5. The third kappa shape index (κ3) is 4.46. The van der Waals surface area contributed by atoms with Gasteiger partial charge in [-0.3, -0.25) is 4.79 Å². The lowest BCUT2D eigenvalue weighted by molar-refractivity contribution is -0.113. The van der Waals surface area contributed by atoms with Crippen LogP contribution in [0.5, 0.6) is 0 Å². The van der Waals surface area contributed by atoms with E-state index in [9.17, 15) is 4.79 Å². The van der Waals surface area contributed by atoms with Gasteiger partial charge in [-0.05, 0) is 29.8 Å². The van der Waals surface area contributed by atoms with Gasteiger partial charge >= 0.3 is 0 Å². The maximum Gasteiger partial charge on any atom is 0.234 e. The van der Waals surface area contributed by atoms with Crippen LogP contribution in [0.25, 0.3) is 11.1 Å². The molecule has 122 valence electrons. The highest BCUT2D eigenvalue weighted by molar-refractivity contribution is 8.03. The van der Waals surface area contributed by atoms with Gasteiger partial charge in [0.25, 0.3) is 0 Å². The number of amides is 1. The van der Waals surface area contributed by atoms with Crippen LogP contribution < -0.4 is 5.32 Å². The number of carbonyl (C=O) groups is 1. The third-order valence-corrected chi connectivity index (χ3v) is 7.99. The first-order valence-electron chi connectivity index (χ1n) is 7.00. The van der Waals surface area contributed by atoms with Crippen molar-refractivity contribution in [3.8, 4) is 11.1 Å². The smallest absolute Gasteiger partial charge is 0.234 e. The Kier molecular flexibility index (Phi) is 6.08. The van der Waals surface area contributed by atoms with Crippen LogP contribution in [0.15, 0.2) is 58.8 Å². The van der Waals surface area contributed by atoms with E-state index in [2.05, 4.69) is 5.32 Å². The zero-order valence-electron chi connectivity index (χ0n) is 12.3. The predicted molar refractivity (Wildman–Crippen MR) is 109 cm³/mol. The summed E-state index contributed by atoms with van der Waals surface area (Å²) in [6.45, 7) is 0. The summed E-state index contributed by atoms with van der Waals surface area (Å²) in [7, 11) is 3.20. The lowest BCUT2D eigenvalue weighted by Crippen LogP contribution is -2.13. The maximum atomic E-state index is 12.1. The third-order valence-electron chi connectivity index (χ3n) is 3.13. The second-order valence-electron chi connectivity index (χ2n) is 4.83. The van der Waals surface area contributed by atoms with E-state index in [0.29, 0.717) is 10.8 Å². The first kappa shape index (κ1) is 17.6. The van der Waals surface area contributed by atoms with Crippen molar-refractivity contribution in [2.24, 2.45) is 0 Å². The molecule has 1 N–H and O–H groups in total. The zero-order valence-corrected chi connectivity index (χ0v) is 16.3. The van der Waals surface area contributed by atoms with Crippen LogP contribution >= 0.6 is 56.3 Å². The minimum atomic E-state index is -0.0503. The lowest BCUT2D eigenvalue weighted by Gasteiger charge is -2.06. The molecule has 1 aromatic heterocycles. The lowest BCUT2D eigenvalue weighted by atomic mass is 10.1.